The van der Waals surface area contributed by atoms with Gasteiger partial charge in [-0.05, 0) is 60.1 Å². The standard InChI is InChI=1S/C14H20BrN3O/c1-2-18-7-3-4-11(9-18)17-14(19)10-5-6-13(16)12(15)8-10/h5-6,8,11H,2-4,7,9,16H2,1H3,(H,17,19). The van der Waals surface area contributed by atoms with Crippen LogP contribution in [-0.4, -0.2) is 36.5 Å². The number of benzene rings is 1. The van der Waals surface area contributed by atoms with Crippen molar-refractivity contribution in [2.24, 2.45) is 0 Å². The van der Waals surface area contributed by atoms with Gasteiger partial charge in [0.05, 0.1) is 0 Å². The van der Waals surface area contributed by atoms with Crippen LogP contribution in [-0.2, 0) is 0 Å². The summed E-state index contributed by atoms with van der Waals surface area (Å²) in [5, 5.41) is 3.10. The van der Waals surface area contributed by atoms with Crippen LogP contribution in [0.1, 0.15) is 30.1 Å². The first-order chi connectivity index (χ1) is 9.10. The number of amides is 1. The first-order valence-electron chi connectivity index (χ1n) is 6.68. The van der Waals surface area contributed by atoms with E-state index in [2.05, 4.69) is 33.1 Å². The normalized spacial score (nSPS) is 20.2. The number of nitrogens with one attached hydrogen (secondary N) is 1. The number of halogens is 1. The fraction of sp³-hybridized carbons (Fsp3) is 0.500. The van der Waals surface area contributed by atoms with Gasteiger partial charge < -0.3 is 16.0 Å². The number of nitrogens with zero attached hydrogens (tertiary/aromatic N) is 1. The predicted octanol–water partition coefficient (Wildman–Crippen LogP) is 2.25. The van der Waals surface area contributed by atoms with E-state index >= 15 is 0 Å². The van der Waals surface area contributed by atoms with Crippen molar-refractivity contribution in [1.29, 1.82) is 0 Å². The highest BCUT2D eigenvalue weighted by atomic mass is 79.9. The van der Waals surface area contributed by atoms with E-state index in [1.807, 2.05) is 0 Å². The van der Waals surface area contributed by atoms with E-state index < -0.39 is 0 Å². The zero-order chi connectivity index (χ0) is 13.8. The highest BCUT2D eigenvalue weighted by Gasteiger charge is 2.20. The third-order valence-corrected chi connectivity index (χ3v) is 4.24. The van der Waals surface area contributed by atoms with E-state index in [0.717, 1.165) is 36.9 Å². The van der Waals surface area contributed by atoms with Crippen LogP contribution in [0.25, 0.3) is 0 Å². The molecule has 1 fully saturated rings. The summed E-state index contributed by atoms with van der Waals surface area (Å²) >= 11 is 3.35. The van der Waals surface area contributed by atoms with E-state index in [1.54, 1.807) is 18.2 Å². The summed E-state index contributed by atoms with van der Waals surface area (Å²) in [6, 6.07) is 5.52. The molecule has 0 saturated carbocycles. The van der Waals surface area contributed by atoms with Crippen LogP contribution in [0.2, 0.25) is 0 Å². The molecule has 1 amide bonds. The third-order valence-electron chi connectivity index (χ3n) is 3.55. The molecular formula is C14H20BrN3O. The molecule has 19 heavy (non-hydrogen) atoms. The molecular weight excluding hydrogens is 306 g/mol. The Hall–Kier alpha value is -1.07. The predicted molar refractivity (Wildman–Crippen MR) is 81.2 cm³/mol. The molecule has 1 saturated heterocycles. The van der Waals surface area contributed by atoms with Crippen LogP contribution in [0, 0.1) is 0 Å². The minimum absolute atomic E-state index is 0.0244. The number of carbonyl (C=O) groups is 1. The van der Waals surface area contributed by atoms with Crippen molar-refractivity contribution < 1.29 is 4.79 Å². The van der Waals surface area contributed by atoms with Crippen LogP contribution >= 0.6 is 15.9 Å². The number of carbonyl (C=O) groups excluding carboxylic acids is 1. The average molecular weight is 326 g/mol. The Bertz CT molecular complexity index is 464. The van der Waals surface area contributed by atoms with Crippen LogP contribution < -0.4 is 11.1 Å². The Kier molecular flexibility index (Phi) is 4.82. The number of anilines is 1. The van der Waals surface area contributed by atoms with Gasteiger partial charge in [0, 0.05) is 28.3 Å². The lowest BCUT2D eigenvalue weighted by molar-refractivity contribution is 0.0906. The first-order valence-corrected chi connectivity index (χ1v) is 7.47. The maximum atomic E-state index is 12.2. The van der Waals surface area contributed by atoms with E-state index in [4.69, 9.17) is 5.73 Å². The molecule has 104 valence electrons. The third kappa shape index (κ3) is 3.70. The molecule has 3 N–H and O–H groups in total. The van der Waals surface area contributed by atoms with Crippen molar-refractivity contribution in [2.75, 3.05) is 25.4 Å². The zero-order valence-corrected chi connectivity index (χ0v) is 12.7. The van der Waals surface area contributed by atoms with Gasteiger partial charge in [-0.2, -0.15) is 0 Å². The van der Waals surface area contributed by atoms with Gasteiger partial charge in [0.1, 0.15) is 0 Å². The second-order valence-corrected chi connectivity index (χ2v) is 5.80. The van der Waals surface area contributed by atoms with E-state index in [1.165, 1.54) is 0 Å². The lowest BCUT2D eigenvalue weighted by Gasteiger charge is -2.32. The monoisotopic (exact) mass is 325 g/mol. The second kappa shape index (κ2) is 6.39. The number of hydrogen-bond acceptors (Lipinski definition) is 3. The minimum atomic E-state index is -0.0244. The molecule has 1 aliphatic heterocycles. The lowest BCUT2D eigenvalue weighted by Crippen LogP contribution is -2.47. The molecule has 1 aliphatic rings. The van der Waals surface area contributed by atoms with Gasteiger partial charge in [-0.15, -0.1) is 0 Å². The van der Waals surface area contributed by atoms with E-state index in [-0.39, 0.29) is 11.9 Å². The van der Waals surface area contributed by atoms with Crippen molar-refractivity contribution >= 4 is 27.5 Å². The zero-order valence-electron chi connectivity index (χ0n) is 11.2. The van der Waals surface area contributed by atoms with Gasteiger partial charge in [-0.1, -0.05) is 6.92 Å². The Balaban J connectivity index is 1.98. The molecule has 1 aromatic carbocycles. The van der Waals surface area contributed by atoms with Crippen molar-refractivity contribution in [3.63, 3.8) is 0 Å². The molecule has 0 spiro atoms. The number of nitrogens with two attached hydrogens (primary N) is 1. The maximum absolute atomic E-state index is 12.2. The molecule has 5 heteroatoms. The van der Waals surface area contributed by atoms with E-state index in [9.17, 15) is 4.79 Å². The maximum Gasteiger partial charge on any atom is 0.251 e. The van der Waals surface area contributed by atoms with Gasteiger partial charge in [-0.25, -0.2) is 0 Å². The largest absolute Gasteiger partial charge is 0.398 e. The van der Waals surface area contributed by atoms with Gasteiger partial charge in [-0.3, -0.25) is 4.79 Å². The molecule has 0 aromatic heterocycles. The number of nitrogen functional groups attached to an aromatic ring is 1. The smallest absolute Gasteiger partial charge is 0.251 e. The van der Waals surface area contributed by atoms with Gasteiger partial charge in [0.2, 0.25) is 0 Å². The highest BCUT2D eigenvalue weighted by molar-refractivity contribution is 9.10. The Labute approximate surface area is 122 Å². The summed E-state index contributed by atoms with van der Waals surface area (Å²) in [4.78, 5) is 14.5. The van der Waals surface area contributed by atoms with Crippen molar-refractivity contribution in [2.45, 2.75) is 25.8 Å². The first kappa shape index (κ1) is 14.3. The topological polar surface area (TPSA) is 58.4 Å². The lowest BCUT2D eigenvalue weighted by atomic mass is 10.1. The van der Waals surface area contributed by atoms with Crippen LogP contribution in [0.3, 0.4) is 0 Å². The summed E-state index contributed by atoms with van der Waals surface area (Å²) in [7, 11) is 0. The number of rotatable bonds is 3. The molecule has 0 bridgehead atoms. The summed E-state index contributed by atoms with van der Waals surface area (Å²) in [5.74, 6) is -0.0244. The van der Waals surface area contributed by atoms with E-state index in [0.29, 0.717) is 11.3 Å². The van der Waals surface area contributed by atoms with Gasteiger partial charge in [0.15, 0.2) is 0 Å². The average Bonchev–Trinajstić information content (AvgIpc) is 2.42. The molecule has 2 rings (SSSR count). The van der Waals surface area contributed by atoms with Gasteiger partial charge >= 0.3 is 0 Å². The van der Waals surface area contributed by atoms with Crippen LogP contribution in [0.15, 0.2) is 22.7 Å². The Morgan fingerprint density at radius 3 is 3.05 bits per heavy atom. The fourth-order valence-corrected chi connectivity index (χ4v) is 2.78. The van der Waals surface area contributed by atoms with Crippen molar-refractivity contribution in [3.8, 4) is 0 Å². The Morgan fingerprint density at radius 1 is 1.58 bits per heavy atom. The SMILES string of the molecule is CCN1CCCC(NC(=O)c2ccc(N)c(Br)c2)C1. The fourth-order valence-electron chi connectivity index (χ4n) is 2.40. The van der Waals surface area contributed by atoms with Crippen molar-refractivity contribution in [1.82, 2.24) is 10.2 Å². The van der Waals surface area contributed by atoms with Crippen LogP contribution in [0.4, 0.5) is 5.69 Å². The Morgan fingerprint density at radius 2 is 2.37 bits per heavy atom. The molecule has 4 nitrogen and oxygen atoms in total. The quantitative estimate of drug-likeness (QED) is 0.838. The summed E-state index contributed by atoms with van der Waals surface area (Å²) in [6.07, 6.45) is 2.20. The summed E-state index contributed by atoms with van der Waals surface area (Å²) in [5.41, 5.74) is 7.02. The molecule has 1 heterocycles. The summed E-state index contributed by atoms with van der Waals surface area (Å²) < 4.78 is 0.763. The number of likely N-dealkylation sites (N-methyl/N-ethyl adjacent to an activating group) is 1. The van der Waals surface area contributed by atoms with Gasteiger partial charge in [0.25, 0.3) is 5.91 Å². The molecule has 1 aromatic rings. The molecule has 0 radical (unpaired) electrons. The molecule has 1 unspecified atom stereocenters. The molecule has 0 aliphatic carbocycles. The highest BCUT2D eigenvalue weighted by Crippen LogP contribution is 2.20. The van der Waals surface area contributed by atoms with Crippen LogP contribution in [0.5, 0.6) is 0 Å². The summed E-state index contributed by atoms with van der Waals surface area (Å²) in [6.45, 7) is 5.27. The number of hydrogen-bond donors (Lipinski definition) is 2. The molecule has 1 atom stereocenters. The second-order valence-electron chi connectivity index (χ2n) is 4.94. The number of likely N-dealkylation sites (tertiary alicyclic amines) is 1. The number of piperidine rings is 1. The van der Waals surface area contributed by atoms with Crippen molar-refractivity contribution in [3.05, 3.63) is 28.2 Å². The minimum Gasteiger partial charge on any atom is -0.398 e.